The number of nitrogens with one attached hydrogen (secondary N) is 1. The van der Waals surface area contributed by atoms with Gasteiger partial charge in [0.1, 0.15) is 0 Å². The van der Waals surface area contributed by atoms with Crippen LogP contribution in [0.1, 0.15) is 52.9 Å². The van der Waals surface area contributed by atoms with E-state index in [1.54, 1.807) is 0 Å². The van der Waals surface area contributed by atoms with E-state index < -0.39 is 0 Å². The molecule has 2 fully saturated rings. The predicted octanol–water partition coefficient (Wildman–Crippen LogP) is 1.77. The lowest BCUT2D eigenvalue weighted by Crippen LogP contribution is -2.60. The van der Waals surface area contributed by atoms with Crippen LogP contribution in [0, 0.1) is 0 Å². The lowest BCUT2D eigenvalue weighted by Gasteiger charge is -2.48. The van der Waals surface area contributed by atoms with E-state index in [0.717, 1.165) is 39.0 Å². The van der Waals surface area contributed by atoms with Crippen molar-refractivity contribution in [3.63, 3.8) is 0 Å². The normalized spacial score (nSPS) is 36.5. The lowest BCUT2D eigenvalue weighted by molar-refractivity contribution is -0.0506. The van der Waals surface area contributed by atoms with Gasteiger partial charge in [-0.15, -0.1) is 0 Å². The topological polar surface area (TPSA) is 44.7 Å². The molecule has 4 heteroatoms. The molecular formula is C16H32N2O2. The van der Waals surface area contributed by atoms with Gasteiger partial charge in [-0.2, -0.15) is 0 Å². The lowest BCUT2D eigenvalue weighted by atomic mass is 9.78. The number of hydrogen-bond donors (Lipinski definition) is 2. The van der Waals surface area contributed by atoms with Crippen molar-refractivity contribution in [1.82, 2.24) is 10.2 Å². The molecule has 1 heterocycles. The first-order chi connectivity index (χ1) is 9.60. The van der Waals surface area contributed by atoms with E-state index in [9.17, 15) is 5.11 Å². The molecule has 20 heavy (non-hydrogen) atoms. The van der Waals surface area contributed by atoms with Crippen LogP contribution in [0.15, 0.2) is 0 Å². The van der Waals surface area contributed by atoms with E-state index in [1.165, 1.54) is 12.8 Å². The van der Waals surface area contributed by atoms with Gasteiger partial charge in [0, 0.05) is 30.2 Å². The van der Waals surface area contributed by atoms with Gasteiger partial charge in [0.25, 0.3) is 0 Å². The Morgan fingerprint density at radius 3 is 2.90 bits per heavy atom. The Kier molecular flexibility index (Phi) is 5.84. The van der Waals surface area contributed by atoms with Crippen LogP contribution < -0.4 is 5.32 Å². The Bertz CT molecular complexity index is 298. The fourth-order valence-electron chi connectivity index (χ4n) is 4.05. The number of morpholine rings is 1. The first-order valence-corrected chi connectivity index (χ1v) is 8.32. The van der Waals surface area contributed by atoms with E-state index in [0.29, 0.717) is 18.1 Å². The second kappa shape index (κ2) is 7.21. The van der Waals surface area contributed by atoms with Gasteiger partial charge in [-0.3, -0.25) is 4.90 Å². The maximum Gasteiger partial charge on any atom is 0.0622 e. The van der Waals surface area contributed by atoms with Crippen LogP contribution in [0.25, 0.3) is 0 Å². The van der Waals surface area contributed by atoms with Gasteiger partial charge in [0.05, 0.1) is 19.8 Å². The Morgan fingerprint density at radius 2 is 2.25 bits per heavy atom. The number of aliphatic hydroxyl groups is 1. The molecule has 0 amide bonds. The van der Waals surface area contributed by atoms with Gasteiger partial charge in [-0.25, -0.2) is 0 Å². The van der Waals surface area contributed by atoms with Crippen LogP contribution in [0.5, 0.6) is 0 Å². The van der Waals surface area contributed by atoms with Crippen molar-refractivity contribution in [2.75, 3.05) is 26.4 Å². The van der Waals surface area contributed by atoms with Gasteiger partial charge >= 0.3 is 0 Å². The van der Waals surface area contributed by atoms with Gasteiger partial charge < -0.3 is 15.2 Å². The Balaban J connectivity index is 2.04. The van der Waals surface area contributed by atoms with Crippen LogP contribution in [-0.4, -0.2) is 60.0 Å². The van der Waals surface area contributed by atoms with Crippen LogP contribution >= 0.6 is 0 Å². The Hall–Kier alpha value is -0.160. The molecular weight excluding hydrogens is 252 g/mol. The maximum atomic E-state index is 9.92. The molecule has 0 aromatic rings. The maximum absolute atomic E-state index is 9.92. The molecule has 2 N–H and O–H groups in total. The molecule has 3 atom stereocenters. The Morgan fingerprint density at radius 1 is 1.45 bits per heavy atom. The minimum absolute atomic E-state index is 0.0757. The highest BCUT2D eigenvalue weighted by atomic mass is 16.5. The zero-order valence-electron chi connectivity index (χ0n) is 13.4. The summed E-state index contributed by atoms with van der Waals surface area (Å²) in [5.41, 5.74) is -0.0757. The van der Waals surface area contributed by atoms with Crippen LogP contribution in [0.4, 0.5) is 0 Å². The fraction of sp³-hybridized carbons (Fsp3) is 1.00. The average molecular weight is 284 g/mol. The molecule has 0 radical (unpaired) electrons. The highest BCUT2D eigenvalue weighted by Crippen LogP contribution is 2.33. The minimum Gasteiger partial charge on any atom is -0.394 e. The summed E-state index contributed by atoms with van der Waals surface area (Å²) in [6.45, 7) is 9.62. The highest BCUT2D eigenvalue weighted by molar-refractivity contribution is 4.98. The summed E-state index contributed by atoms with van der Waals surface area (Å²) in [4.78, 5) is 2.65. The number of nitrogens with zero attached hydrogens (tertiary/aromatic N) is 1. The number of ether oxygens (including phenoxy) is 1. The first-order valence-electron chi connectivity index (χ1n) is 8.32. The summed E-state index contributed by atoms with van der Waals surface area (Å²) in [6, 6.07) is 1.57. The third kappa shape index (κ3) is 3.73. The molecule has 118 valence electrons. The summed E-state index contributed by atoms with van der Waals surface area (Å²) in [5.74, 6) is 0. The molecule has 1 saturated heterocycles. The van der Waals surface area contributed by atoms with Crippen LogP contribution in [0.2, 0.25) is 0 Å². The van der Waals surface area contributed by atoms with Crippen LogP contribution in [-0.2, 0) is 4.74 Å². The van der Waals surface area contributed by atoms with E-state index in [-0.39, 0.29) is 12.1 Å². The fourth-order valence-corrected chi connectivity index (χ4v) is 4.05. The molecule has 0 aromatic carbocycles. The van der Waals surface area contributed by atoms with Crippen molar-refractivity contribution >= 4 is 0 Å². The van der Waals surface area contributed by atoms with E-state index in [4.69, 9.17) is 4.74 Å². The number of hydrogen-bond acceptors (Lipinski definition) is 4. The third-order valence-electron chi connectivity index (χ3n) is 4.93. The number of aliphatic hydroxyl groups excluding tert-OH is 1. The molecule has 1 saturated carbocycles. The first kappa shape index (κ1) is 16.2. The van der Waals surface area contributed by atoms with Crippen molar-refractivity contribution in [1.29, 1.82) is 0 Å². The molecule has 1 aliphatic carbocycles. The minimum atomic E-state index is -0.0757. The van der Waals surface area contributed by atoms with Crippen molar-refractivity contribution < 1.29 is 9.84 Å². The summed E-state index contributed by atoms with van der Waals surface area (Å²) in [6.07, 6.45) is 5.79. The van der Waals surface area contributed by atoms with E-state index >= 15 is 0 Å². The van der Waals surface area contributed by atoms with Crippen molar-refractivity contribution in [3.8, 4) is 0 Å². The second-order valence-electron chi connectivity index (χ2n) is 6.86. The van der Waals surface area contributed by atoms with E-state index in [2.05, 4.69) is 31.0 Å². The van der Waals surface area contributed by atoms with Gasteiger partial charge in [-0.1, -0.05) is 20.8 Å². The molecule has 0 aromatic heterocycles. The number of rotatable bonds is 5. The molecule has 0 bridgehead atoms. The third-order valence-corrected chi connectivity index (χ3v) is 4.93. The summed E-state index contributed by atoms with van der Waals surface area (Å²) in [5, 5.41) is 13.6. The molecule has 3 unspecified atom stereocenters. The molecule has 2 aliphatic rings. The van der Waals surface area contributed by atoms with Gasteiger partial charge in [0.15, 0.2) is 0 Å². The molecule has 1 aliphatic heterocycles. The zero-order chi connectivity index (χ0) is 14.6. The smallest absolute Gasteiger partial charge is 0.0622 e. The quantitative estimate of drug-likeness (QED) is 0.807. The second-order valence-corrected chi connectivity index (χ2v) is 6.86. The SMILES string of the molecule is CCC1COCCN1C1CCCC(CO)(NC(C)C)C1. The molecule has 2 rings (SSSR count). The summed E-state index contributed by atoms with van der Waals surface area (Å²) < 4.78 is 5.63. The monoisotopic (exact) mass is 284 g/mol. The summed E-state index contributed by atoms with van der Waals surface area (Å²) >= 11 is 0. The molecule has 0 spiro atoms. The predicted molar refractivity (Wildman–Crippen MR) is 81.9 cm³/mol. The van der Waals surface area contributed by atoms with Crippen molar-refractivity contribution in [2.24, 2.45) is 0 Å². The average Bonchev–Trinajstić information content (AvgIpc) is 2.46. The zero-order valence-corrected chi connectivity index (χ0v) is 13.4. The van der Waals surface area contributed by atoms with Gasteiger partial charge in [-0.05, 0) is 32.1 Å². The standard InChI is InChI=1S/C16H32N2O2/c1-4-14-11-20-9-8-18(14)15-6-5-7-16(10-15,12-19)17-13(2)3/h13-15,17,19H,4-12H2,1-3H3. The highest BCUT2D eigenvalue weighted by Gasteiger charge is 2.40. The summed E-state index contributed by atoms with van der Waals surface area (Å²) in [7, 11) is 0. The van der Waals surface area contributed by atoms with Crippen molar-refractivity contribution in [3.05, 3.63) is 0 Å². The van der Waals surface area contributed by atoms with Gasteiger partial charge in [0.2, 0.25) is 0 Å². The largest absolute Gasteiger partial charge is 0.394 e. The van der Waals surface area contributed by atoms with Crippen LogP contribution in [0.3, 0.4) is 0 Å². The van der Waals surface area contributed by atoms with Crippen molar-refractivity contribution in [2.45, 2.75) is 76.5 Å². The Labute approximate surface area is 123 Å². The molecule has 4 nitrogen and oxygen atoms in total. The van der Waals surface area contributed by atoms with E-state index in [1.807, 2.05) is 0 Å².